The van der Waals surface area contributed by atoms with Crippen LogP contribution in [0.2, 0.25) is 0 Å². The normalized spacial score (nSPS) is 17.8. The van der Waals surface area contributed by atoms with Crippen molar-refractivity contribution in [3.8, 4) is 0 Å². The molecule has 13 heavy (non-hydrogen) atoms. The van der Waals surface area contributed by atoms with Crippen LogP contribution in [0.5, 0.6) is 0 Å². The van der Waals surface area contributed by atoms with Gasteiger partial charge < -0.3 is 10.6 Å². The van der Waals surface area contributed by atoms with Crippen LogP contribution in [0.3, 0.4) is 0 Å². The van der Waals surface area contributed by atoms with Crippen molar-refractivity contribution in [2.45, 2.75) is 58.0 Å². The SMILES string of the molecule is CCC(C)(C)NC(=O)NC1CCC1. The zero-order valence-corrected chi connectivity index (χ0v) is 8.81. The molecule has 1 rings (SSSR count). The number of hydrogen-bond acceptors (Lipinski definition) is 1. The van der Waals surface area contributed by atoms with Gasteiger partial charge >= 0.3 is 6.03 Å². The maximum Gasteiger partial charge on any atom is 0.315 e. The minimum Gasteiger partial charge on any atom is -0.335 e. The number of rotatable bonds is 3. The highest BCUT2D eigenvalue weighted by Crippen LogP contribution is 2.18. The molecular weight excluding hydrogens is 164 g/mol. The number of carbonyl (C=O) groups is 1. The van der Waals surface area contributed by atoms with Gasteiger partial charge in [-0.3, -0.25) is 0 Å². The lowest BCUT2D eigenvalue weighted by molar-refractivity contribution is 0.217. The minimum atomic E-state index is -0.0895. The fourth-order valence-electron chi connectivity index (χ4n) is 1.17. The molecule has 3 nitrogen and oxygen atoms in total. The molecule has 1 fully saturated rings. The number of hydrogen-bond donors (Lipinski definition) is 2. The largest absolute Gasteiger partial charge is 0.335 e. The van der Waals surface area contributed by atoms with E-state index in [1.807, 2.05) is 13.8 Å². The molecule has 1 aliphatic carbocycles. The number of carbonyl (C=O) groups excluding carboxylic acids is 1. The van der Waals surface area contributed by atoms with Crippen molar-refractivity contribution < 1.29 is 4.79 Å². The Morgan fingerprint density at radius 1 is 1.46 bits per heavy atom. The Hall–Kier alpha value is -0.730. The molecule has 1 aliphatic rings. The van der Waals surface area contributed by atoms with E-state index in [-0.39, 0.29) is 11.6 Å². The molecule has 0 aromatic carbocycles. The predicted octanol–water partition coefficient (Wildman–Crippen LogP) is 2.03. The van der Waals surface area contributed by atoms with E-state index in [4.69, 9.17) is 0 Å². The molecule has 0 radical (unpaired) electrons. The molecule has 1 saturated carbocycles. The van der Waals surface area contributed by atoms with Crippen LogP contribution in [-0.2, 0) is 0 Å². The van der Waals surface area contributed by atoms with E-state index in [1.165, 1.54) is 6.42 Å². The van der Waals surface area contributed by atoms with Gasteiger partial charge in [0.25, 0.3) is 0 Å². The molecule has 2 amide bonds. The van der Waals surface area contributed by atoms with Crippen molar-refractivity contribution in [3.05, 3.63) is 0 Å². The van der Waals surface area contributed by atoms with E-state index in [2.05, 4.69) is 17.6 Å². The Bertz CT molecular complexity index is 185. The lowest BCUT2D eigenvalue weighted by Gasteiger charge is -2.30. The van der Waals surface area contributed by atoms with Crippen LogP contribution >= 0.6 is 0 Å². The second-order valence-corrected chi connectivity index (χ2v) is 4.46. The van der Waals surface area contributed by atoms with Gasteiger partial charge in [-0.1, -0.05) is 6.92 Å². The maximum atomic E-state index is 11.4. The Morgan fingerprint density at radius 3 is 2.46 bits per heavy atom. The smallest absolute Gasteiger partial charge is 0.315 e. The topological polar surface area (TPSA) is 41.1 Å². The second kappa shape index (κ2) is 3.99. The highest BCUT2D eigenvalue weighted by atomic mass is 16.2. The van der Waals surface area contributed by atoms with Gasteiger partial charge in [0.1, 0.15) is 0 Å². The van der Waals surface area contributed by atoms with Crippen molar-refractivity contribution >= 4 is 6.03 Å². The first-order chi connectivity index (χ1) is 6.03. The summed E-state index contributed by atoms with van der Waals surface area (Å²) >= 11 is 0. The third kappa shape index (κ3) is 3.25. The van der Waals surface area contributed by atoms with Crippen LogP contribution in [0.1, 0.15) is 46.5 Å². The van der Waals surface area contributed by atoms with Gasteiger partial charge in [0.15, 0.2) is 0 Å². The molecule has 76 valence electrons. The van der Waals surface area contributed by atoms with Gasteiger partial charge in [-0.15, -0.1) is 0 Å². The van der Waals surface area contributed by atoms with Gasteiger partial charge in [-0.25, -0.2) is 4.79 Å². The molecule has 0 aromatic heterocycles. The van der Waals surface area contributed by atoms with E-state index < -0.39 is 0 Å². The Kier molecular flexibility index (Phi) is 3.17. The summed E-state index contributed by atoms with van der Waals surface area (Å²) in [6, 6.07) is 0.407. The molecule has 0 spiro atoms. The molecule has 0 aromatic rings. The summed E-state index contributed by atoms with van der Waals surface area (Å²) in [6.07, 6.45) is 4.48. The number of nitrogens with one attached hydrogen (secondary N) is 2. The van der Waals surface area contributed by atoms with Gasteiger partial charge in [-0.05, 0) is 39.5 Å². The van der Waals surface area contributed by atoms with Crippen LogP contribution in [0.25, 0.3) is 0 Å². The third-order valence-electron chi connectivity index (χ3n) is 2.78. The summed E-state index contributed by atoms with van der Waals surface area (Å²) in [5.74, 6) is 0. The van der Waals surface area contributed by atoms with Crippen LogP contribution in [-0.4, -0.2) is 17.6 Å². The van der Waals surface area contributed by atoms with Gasteiger partial charge in [0.2, 0.25) is 0 Å². The Labute approximate surface area is 80.3 Å². The summed E-state index contributed by atoms with van der Waals surface area (Å²) in [5, 5.41) is 5.91. The maximum absolute atomic E-state index is 11.4. The van der Waals surface area contributed by atoms with Gasteiger partial charge in [0.05, 0.1) is 0 Å². The fraction of sp³-hybridized carbons (Fsp3) is 0.900. The predicted molar refractivity (Wildman–Crippen MR) is 53.7 cm³/mol. The van der Waals surface area contributed by atoms with Crippen molar-refractivity contribution in [2.75, 3.05) is 0 Å². The monoisotopic (exact) mass is 184 g/mol. The minimum absolute atomic E-state index is 0.0171. The van der Waals surface area contributed by atoms with E-state index in [1.54, 1.807) is 0 Å². The lowest BCUT2D eigenvalue weighted by atomic mass is 9.93. The van der Waals surface area contributed by atoms with E-state index >= 15 is 0 Å². The van der Waals surface area contributed by atoms with Crippen LogP contribution in [0.15, 0.2) is 0 Å². The lowest BCUT2D eigenvalue weighted by Crippen LogP contribution is -2.52. The van der Waals surface area contributed by atoms with Crippen LogP contribution in [0.4, 0.5) is 4.79 Å². The van der Waals surface area contributed by atoms with Crippen LogP contribution < -0.4 is 10.6 Å². The fourth-order valence-corrected chi connectivity index (χ4v) is 1.17. The van der Waals surface area contributed by atoms with E-state index in [0.717, 1.165) is 19.3 Å². The first-order valence-corrected chi connectivity index (χ1v) is 5.12. The molecule has 0 atom stereocenters. The van der Waals surface area contributed by atoms with Crippen molar-refractivity contribution in [2.24, 2.45) is 0 Å². The second-order valence-electron chi connectivity index (χ2n) is 4.46. The molecule has 0 bridgehead atoms. The highest BCUT2D eigenvalue weighted by molar-refractivity contribution is 5.75. The summed E-state index contributed by atoms with van der Waals surface area (Å²) < 4.78 is 0. The zero-order chi connectivity index (χ0) is 9.90. The Morgan fingerprint density at radius 2 is 2.08 bits per heavy atom. The molecule has 0 aliphatic heterocycles. The Balaban J connectivity index is 2.23. The molecule has 0 heterocycles. The number of amides is 2. The van der Waals surface area contributed by atoms with Crippen molar-refractivity contribution in [1.29, 1.82) is 0 Å². The first-order valence-electron chi connectivity index (χ1n) is 5.12. The quantitative estimate of drug-likeness (QED) is 0.692. The first kappa shape index (κ1) is 10.4. The van der Waals surface area contributed by atoms with Crippen molar-refractivity contribution in [1.82, 2.24) is 10.6 Å². The molecular formula is C10H20N2O. The van der Waals surface area contributed by atoms with Gasteiger partial charge in [0, 0.05) is 11.6 Å². The summed E-state index contributed by atoms with van der Waals surface area (Å²) in [6.45, 7) is 6.14. The zero-order valence-electron chi connectivity index (χ0n) is 8.81. The molecule has 2 N–H and O–H groups in total. The highest BCUT2D eigenvalue weighted by Gasteiger charge is 2.22. The summed E-state index contributed by atoms with van der Waals surface area (Å²) in [5.41, 5.74) is -0.0895. The van der Waals surface area contributed by atoms with Gasteiger partial charge in [-0.2, -0.15) is 0 Å². The average molecular weight is 184 g/mol. The van der Waals surface area contributed by atoms with Crippen LogP contribution in [0, 0.1) is 0 Å². The van der Waals surface area contributed by atoms with E-state index in [0.29, 0.717) is 6.04 Å². The summed E-state index contributed by atoms with van der Waals surface area (Å²) in [4.78, 5) is 11.4. The number of urea groups is 1. The third-order valence-corrected chi connectivity index (χ3v) is 2.78. The molecule has 0 unspecified atom stereocenters. The van der Waals surface area contributed by atoms with Crippen molar-refractivity contribution in [3.63, 3.8) is 0 Å². The van der Waals surface area contributed by atoms with E-state index in [9.17, 15) is 4.79 Å². The molecule has 3 heteroatoms. The standard InChI is InChI=1S/C10H20N2O/c1-4-10(2,3)12-9(13)11-8-6-5-7-8/h8H,4-7H2,1-3H3,(H2,11,12,13). The molecule has 0 saturated heterocycles. The summed E-state index contributed by atoms with van der Waals surface area (Å²) in [7, 11) is 0. The average Bonchev–Trinajstić information content (AvgIpc) is 1.96.